The van der Waals surface area contributed by atoms with Gasteiger partial charge in [-0.3, -0.25) is 4.98 Å². The second kappa shape index (κ2) is 5.81. The third-order valence-electron chi connectivity index (χ3n) is 2.84. The fourth-order valence-electron chi connectivity index (χ4n) is 1.97. The van der Waals surface area contributed by atoms with Crippen molar-refractivity contribution in [2.24, 2.45) is 5.73 Å². The van der Waals surface area contributed by atoms with E-state index in [1.165, 1.54) is 12.3 Å². The van der Waals surface area contributed by atoms with Gasteiger partial charge in [-0.25, -0.2) is 0 Å². The van der Waals surface area contributed by atoms with Gasteiger partial charge in [0, 0.05) is 11.2 Å². The van der Waals surface area contributed by atoms with Gasteiger partial charge >= 0.3 is 6.18 Å². The molecule has 20 heavy (non-hydrogen) atoms. The minimum Gasteiger partial charge on any atom is -0.322 e. The Labute approximate surface area is 119 Å². The van der Waals surface area contributed by atoms with Gasteiger partial charge in [-0.2, -0.15) is 13.2 Å². The molecule has 1 aromatic carbocycles. The molecule has 0 bridgehead atoms. The van der Waals surface area contributed by atoms with Crippen molar-refractivity contribution in [3.8, 4) is 0 Å². The Morgan fingerprint density at radius 3 is 2.60 bits per heavy atom. The van der Waals surface area contributed by atoms with Gasteiger partial charge in [-0.05, 0) is 36.2 Å². The molecular weight excluding hydrogens is 289 g/mol. The van der Waals surface area contributed by atoms with E-state index in [2.05, 4.69) is 4.98 Å². The molecule has 0 fully saturated rings. The van der Waals surface area contributed by atoms with Crippen molar-refractivity contribution < 1.29 is 13.2 Å². The zero-order valence-electron chi connectivity index (χ0n) is 10.4. The largest absolute Gasteiger partial charge is 0.418 e. The molecule has 0 amide bonds. The smallest absolute Gasteiger partial charge is 0.322 e. The summed E-state index contributed by atoms with van der Waals surface area (Å²) in [7, 11) is 0. The topological polar surface area (TPSA) is 38.9 Å². The third kappa shape index (κ3) is 3.49. The van der Waals surface area contributed by atoms with E-state index < -0.39 is 17.8 Å². The summed E-state index contributed by atoms with van der Waals surface area (Å²) in [5, 5.41) is 0.520. The number of alkyl halides is 3. The molecule has 0 saturated carbocycles. The molecule has 0 aliphatic heterocycles. The zero-order valence-corrected chi connectivity index (χ0v) is 11.1. The highest BCUT2D eigenvalue weighted by molar-refractivity contribution is 6.30. The lowest BCUT2D eigenvalue weighted by Crippen LogP contribution is -2.20. The van der Waals surface area contributed by atoms with Crippen LogP contribution in [0.2, 0.25) is 5.02 Å². The lowest BCUT2D eigenvalue weighted by Gasteiger charge is -2.17. The van der Waals surface area contributed by atoms with E-state index in [0.29, 0.717) is 5.02 Å². The Morgan fingerprint density at radius 1 is 1.20 bits per heavy atom. The van der Waals surface area contributed by atoms with Crippen LogP contribution < -0.4 is 5.73 Å². The van der Waals surface area contributed by atoms with Crippen LogP contribution >= 0.6 is 11.6 Å². The van der Waals surface area contributed by atoms with Gasteiger partial charge in [-0.15, -0.1) is 0 Å². The van der Waals surface area contributed by atoms with Crippen LogP contribution in [-0.2, 0) is 12.6 Å². The van der Waals surface area contributed by atoms with Crippen LogP contribution in [0.3, 0.4) is 0 Å². The lowest BCUT2D eigenvalue weighted by molar-refractivity contribution is -0.138. The first-order chi connectivity index (χ1) is 9.38. The maximum Gasteiger partial charge on any atom is 0.418 e. The first-order valence-electron chi connectivity index (χ1n) is 5.90. The number of aromatic nitrogens is 1. The molecule has 0 aliphatic carbocycles. The van der Waals surface area contributed by atoms with E-state index in [4.69, 9.17) is 17.3 Å². The van der Waals surface area contributed by atoms with Crippen LogP contribution in [0.15, 0.2) is 42.6 Å². The summed E-state index contributed by atoms with van der Waals surface area (Å²) in [4.78, 5) is 3.79. The van der Waals surface area contributed by atoms with E-state index >= 15 is 0 Å². The summed E-state index contributed by atoms with van der Waals surface area (Å²) in [5.41, 5.74) is 5.69. The van der Waals surface area contributed by atoms with Crippen LogP contribution in [0.4, 0.5) is 13.2 Å². The predicted molar refractivity (Wildman–Crippen MR) is 71.3 cm³/mol. The third-order valence-corrected chi connectivity index (χ3v) is 3.07. The predicted octanol–water partition coefficient (Wildman–Crippen LogP) is 4.00. The van der Waals surface area contributed by atoms with Crippen LogP contribution in [0.25, 0.3) is 0 Å². The Kier molecular flexibility index (Phi) is 4.30. The van der Waals surface area contributed by atoms with Gasteiger partial charge in [0.05, 0.1) is 17.3 Å². The molecule has 2 N–H and O–H groups in total. The minimum atomic E-state index is -4.46. The average molecular weight is 301 g/mol. The normalized spacial score (nSPS) is 13.2. The monoisotopic (exact) mass is 300 g/mol. The van der Waals surface area contributed by atoms with Crippen LogP contribution in [0, 0.1) is 0 Å². The van der Waals surface area contributed by atoms with E-state index in [-0.39, 0.29) is 12.1 Å². The molecule has 0 unspecified atom stereocenters. The first kappa shape index (κ1) is 14.8. The highest BCUT2D eigenvalue weighted by Gasteiger charge is 2.35. The van der Waals surface area contributed by atoms with E-state index in [1.54, 1.807) is 24.3 Å². The molecule has 0 aliphatic rings. The van der Waals surface area contributed by atoms with Gasteiger partial charge in [0.1, 0.15) is 0 Å². The average Bonchev–Trinajstić information content (AvgIpc) is 2.37. The van der Waals surface area contributed by atoms with Crippen LogP contribution in [0.5, 0.6) is 0 Å². The standard InChI is InChI=1S/C14H12ClF3N2/c15-10-4-1-3-9(7-10)8-12(19)13-11(14(16,17)18)5-2-6-20-13/h1-7,12H,8,19H2/t12-/m0/s1. The summed E-state index contributed by atoms with van der Waals surface area (Å²) in [6.07, 6.45) is -2.92. The number of nitrogens with two attached hydrogens (primary N) is 1. The highest BCUT2D eigenvalue weighted by Crippen LogP contribution is 2.33. The maximum absolute atomic E-state index is 12.9. The molecule has 2 rings (SSSR count). The first-order valence-corrected chi connectivity index (χ1v) is 6.28. The summed E-state index contributed by atoms with van der Waals surface area (Å²) < 4.78 is 38.7. The molecule has 0 radical (unpaired) electrons. The fraction of sp³-hybridized carbons (Fsp3) is 0.214. The van der Waals surface area contributed by atoms with Crippen molar-refractivity contribution in [2.45, 2.75) is 18.6 Å². The zero-order chi connectivity index (χ0) is 14.8. The van der Waals surface area contributed by atoms with Gasteiger partial charge in [0.25, 0.3) is 0 Å². The van der Waals surface area contributed by atoms with Crippen LogP contribution in [-0.4, -0.2) is 4.98 Å². The number of benzene rings is 1. The van der Waals surface area contributed by atoms with E-state index in [1.807, 2.05) is 0 Å². The number of hydrogen-bond acceptors (Lipinski definition) is 2. The quantitative estimate of drug-likeness (QED) is 0.930. The Morgan fingerprint density at radius 2 is 1.95 bits per heavy atom. The molecule has 6 heteroatoms. The van der Waals surface area contributed by atoms with E-state index in [9.17, 15) is 13.2 Å². The number of pyridine rings is 1. The van der Waals surface area contributed by atoms with Gasteiger partial charge in [0.2, 0.25) is 0 Å². The second-order valence-corrected chi connectivity index (χ2v) is 4.81. The lowest BCUT2D eigenvalue weighted by atomic mass is 10.00. The maximum atomic E-state index is 12.9. The SMILES string of the molecule is N[C@@H](Cc1cccc(Cl)c1)c1ncccc1C(F)(F)F. The molecule has 2 aromatic rings. The molecule has 106 valence electrons. The Hall–Kier alpha value is -1.59. The molecule has 2 nitrogen and oxygen atoms in total. The molecule has 1 heterocycles. The molecule has 1 atom stereocenters. The number of hydrogen-bond donors (Lipinski definition) is 1. The minimum absolute atomic E-state index is 0.153. The molecule has 1 aromatic heterocycles. The van der Waals surface area contributed by atoms with Crippen molar-refractivity contribution in [1.29, 1.82) is 0 Å². The molecule has 0 spiro atoms. The molecular formula is C14H12ClF3N2. The Bertz CT molecular complexity index is 599. The Balaban J connectivity index is 2.28. The van der Waals surface area contributed by atoms with Gasteiger partial charge < -0.3 is 5.73 Å². The second-order valence-electron chi connectivity index (χ2n) is 4.37. The fourth-order valence-corrected chi connectivity index (χ4v) is 2.18. The summed E-state index contributed by atoms with van der Waals surface area (Å²) in [6, 6.07) is 8.26. The summed E-state index contributed by atoms with van der Waals surface area (Å²) >= 11 is 5.84. The number of rotatable bonds is 3. The van der Waals surface area contributed by atoms with E-state index in [0.717, 1.165) is 11.6 Å². The van der Waals surface area contributed by atoms with Crippen molar-refractivity contribution in [3.05, 3.63) is 64.4 Å². The highest BCUT2D eigenvalue weighted by atomic mass is 35.5. The van der Waals surface area contributed by atoms with Crippen molar-refractivity contribution >= 4 is 11.6 Å². The van der Waals surface area contributed by atoms with Gasteiger partial charge in [0.15, 0.2) is 0 Å². The van der Waals surface area contributed by atoms with Gasteiger partial charge in [-0.1, -0.05) is 23.7 Å². The summed E-state index contributed by atoms with van der Waals surface area (Å²) in [5.74, 6) is 0. The molecule has 0 saturated heterocycles. The number of halogens is 4. The van der Waals surface area contributed by atoms with Crippen molar-refractivity contribution in [3.63, 3.8) is 0 Å². The number of nitrogens with zero attached hydrogens (tertiary/aromatic N) is 1. The van der Waals surface area contributed by atoms with Crippen molar-refractivity contribution in [1.82, 2.24) is 4.98 Å². The van der Waals surface area contributed by atoms with Crippen LogP contribution in [0.1, 0.15) is 22.9 Å². The summed E-state index contributed by atoms with van der Waals surface area (Å²) in [6.45, 7) is 0. The van der Waals surface area contributed by atoms with Crippen molar-refractivity contribution in [2.75, 3.05) is 0 Å².